The molecular weight excluding hydrogens is 192 g/mol. The van der Waals surface area contributed by atoms with Crippen LogP contribution in [0.5, 0.6) is 0 Å². The number of amides is 1. The smallest absolute Gasteiger partial charge is 0.239 e. The molecule has 0 aromatic rings. The lowest BCUT2D eigenvalue weighted by Crippen LogP contribution is -2.48. The zero-order chi connectivity index (χ0) is 12.0. The third kappa shape index (κ3) is 4.44. The van der Waals surface area contributed by atoms with Gasteiger partial charge in [0.1, 0.15) is 0 Å². The highest BCUT2D eigenvalue weighted by molar-refractivity contribution is 5.81. The molecule has 0 aromatic heterocycles. The predicted octanol–water partition coefficient (Wildman–Crippen LogP) is 0.508. The largest absolute Gasteiger partial charge is 0.391 e. The summed E-state index contributed by atoms with van der Waals surface area (Å²) >= 11 is 0. The Labute approximate surface area is 91.8 Å². The Balaban J connectivity index is 4.23. The Kier molecular flexibility index (Phi) is 6.20. The van der Waals surface area contributed by atoms with Crippen LogP contribution in [0.3, 0.4) is 0 Å². The fourth-order valence-corrected chi connectivity index (χ4v) is 1.21. The lowest BCUT2D eigenvalue weighted by molar-refractivity contribution is -0.135. The van der Waals surface area contributed by atoms with Crippen molar-refractivity contribution in [3.8, 4) is 0 Å². The standard InChI is InChI=1S/C11H22N2O2/c1-5-6-7-10(12)11(15)13(4)8(2)9(3)14/h5,8-10,14H,1,6-7,12H2,2-4H3/t8?,9-,10?/m1/s1. The van der Waals surface area contributed by atoms with Gasteiger partial charge in [-0.2, -0.15) is 0 Å². The zero-order valence-corrected chi connectivity index (χ0v) is 9.81. The molecule has 0 heterocycles. The van der Waals surface area contributed by atoms with Gasteiger partial charge in [0.05, 0.1) is 18.2 Å². The highest BCUT2D eigenvalue weighted by Crippen LogP contribution is 2.06. The van der Waals surface area contributed by atoms with E-state index in [9.17, 15) is 9.90 Å². The minimum absolute atomic E-state index is 0.134. The Morgan fingerprint density at radius 1 is 1.60 bits per heavy atom. The molecule has 0 spiro atoms. The van der Waals surface area contributed by atoms with Crippen LogP contribution in [0.15, 0.2) is 12.7 Å². The number of likely N-dealkylation sites (N-methyl/N-ethyl adjacent to an activating group) is 1. The molecule has 0 aliphatic carbocycles. The quantitative estimate of drug-likeness (QED) is 0.633. The molecule has 4 nitrogen and oxygen atoms in total. The second-order valence-electron chi connectivity index (χ2n) is 3.90. The fourth-order valence-electron chi connectivity index (χ4n) is 1.21. The third-order valence-corrected chi connectivity index (χ3v) is 2.66. The Hall–Kier alpha value is -0.870. The molecule has 2 unspecified atom stereocenters. The average molecular weight is 214 g/mol. The van der Waals surface area contributed by atoms with Crippen molar-refractivity contribution in [1.82, 2.24) is 4.90 Å². The molecule has 15 heavy (non-hydrogen) atoms. The molecule has 0 bridgehead atoms. The SMILES string of the molecule is C=CCCC(N)C(=O)N(C)C(C)[C@@H](C)O. The Morgan fingerprint density at radius 2 is 2.13 bits per heavy atom. The van der Waals surface area contributed by atoms with E-state index < -0.39 is 12.1 Å². The lowest BCUT2D eigenvalue weighted by atomic mass is 10.1. The molecule has 0 rings (SSSR count). The van der Waals surface area contributed by atoms with Crippen molar-refractivity contribution in [2.45, 2.75) is 44.9 Å². The van der Waals surface area contributed by atoms with Gasteiger partial charge >= 0.3 is 0 Å². The van der Waals surface area contributed by atoms with Crippen molar-refractivity contribution in [3.63, 3.8) is 0 Å². The summed E-state index contributed by atoms with van der Waals surface area (Å²) in [5.74, 6) is -0.134. The molecular formula is C11H22N2O2. The molecule has 0 radical (unpaired) electrons. The molecule has 3 N–H and O–H groups in total. The summed E-state index contributed by atoms with van der Waals surface area (Å²) in [6.07, 6.45) is 2.51. The van der Waals surface area contributed by atoms with E-state index in [1.54, 1.807) is 27.0 Å². The highest BCUT2D eigenvalue weighted by atomic mass is 16.3. The number of nitrogens with two attached hydrogens (primary N) is 1. The number of aliphatic hydroxyl groups is 1. The van der Waals surface area contributed by atoms with E-state index in [4.69, 9.17) is 5.73 Å². The summed E-state index contributed by atoms with van der Waals surface area (Å²) in [5.41, 5.74) is 5.72. The van der Waals surface area contributed by atoms with Gasteiger partial charge in [0.15, 0.2) is 0 Å². The van der Waals surface area contributed by atoms with Crippen molar-refractivity contribution in [1.29, 1.82) is 0 Å². The number of rotatable bonds is 6. The van der Waals surface area contributed by atoms with Gasteiger partial charge in [-0.25, -0.2) is 0 Å². The summed E-state index contributed by atoms with van der Waals surface area (Å²) in [7, 11) is 1.66. The van der Waals surface area contributed by atoms with Crippen molar-refractivity contribution in [2.24, 2.45) is 5.73 Å². The van der Waals surface area contributed by atoms with Crippen molar-refractivity contribution in [2.75, 3.05) is 7.05 Å². The number of hydrogen-bond acceptors (Lipinski definition) is 3. The molecule has 4 heteroatoms. The van der Waals surface area contributed by atoms with Gasteiger partial charge in [-0.3, -0.25) is 4.79 Å². The van der Waals surface area contributed by atoms with E-state index in [1.165, 1.54) is 4.90 Å². The van der Waals surface area contributed by atoms with Gasteiger partial charge in [0.2, 0.25) is 5.91 Å². The minimum atomic E-state index is -0.550. The normalized spacial score (nSPS) is 16.6. The maximum Gasteiger partial charge on any atom is 0.239 e. The van der Waals surface area contributed by atoms with E-state index in [1.807, 2.05) is 0 Å². The number of allylic oxidation sites excluding steroid dienone is 1. The number of nitrogens with zero attached hydrogens (tertiary/aromatic N) is 1. The first-order valence-corrected chi connectivity index (χ1v) is 5.23. The number of carbonyl (C=O) groups is 1. The van der Waals surface area contributed by atoms with E-state index in [0.29, 0.717) is 6.42 Å². The van der Waals surface area contributed by atoms with Gasteiger partial charge in [0.25, 0.3) is 0 Å². The number of hydrogen-bond donors (Lipinski definition) is 2. The molecule has 3 atom stereocenters. The van der Waals surface area contributed by atoms with Crippen LogP contribution in [-0.2, 0) is 4.79 Å². The Bertz CT molecular complexity index is 217. The van der Waals surface area contributed by atoms with Crippen LogP contribution in [0.1, 0.15) is 26.7 Å². The average Bonchev–Trinajstić information content (AvgIpc) is 2.22. The first-order chi connectivity index (χ1) is 6.91. The van der Waals surface area contributed by atoms with Gasteiger partial charge in [0, 0.05) is 7.05 Å². The second-order valence-corrected chi connectivity index (χ2v) is 3.90. The molecule has 1 amide bonds. The summed E-state index contributed by atoms with van der Waals surface area (Å²) in [4.78, 5) is 13.2. The van der Waals surface area contributed by atoms with Crippen LogP contribution in [0, 0.1) is 0 Å². The van der Waals surface area contributed by atoms with Gasteiger partial charge in [-0.1, -0.05) is 6.08 Å². The monoisotopic (exact) mass is 214 g/mol. The number of aliphatic hydroxyl groups excluding tert-OH is 1. The van der Waals surface area contributed by atoms with E-state index >= 15 is 0 Å². The first-order valence-electron chi connectivity index (χ1n) is 5.23. The molecule has 0 aromatic carbocycles. The van der Waals surface area contributed by atoms with E-state index in [-0.39, 0.29) is 11.9 Å². The first kappa shape index (κ1) is 14.1. The van der Waals surface area contributed by atoms with E-state index in [2.05, 4.69) is 6.58 Å². The molecule has 0 aliphatic rings. The van der Waals surface area contributed by atoms with Gasteiger partial charge in [-0.05, 0) is 26.7 Å². The highest BCUT2D eigenvalue weighted by Gasteiger charge is 2.23. The maximum atomic E-state index is 11.8. The molecule has 0 fully saturated rings. The maximum absolute atomic E-state index is 11.8. The molecule has 88 valence electrons. The van der Waals surface area contributed by atoms with Gasteiger partial charge < -0.3 is 15.7 Å². The van der Waals surface area contributed by atoms with Crippen LogP contribution in [-0.4, -0.2) is 41.1 Å². The van der Waals surface area contributed by atoms with E-state index in [0.717, 1.165) is 6.42 Å². The molecule has 0 saturated heterocycles. The summed E-state index contributed by atoms with van der Waals surface area (Å²) in [6, 6.07) is -0.721. The van der Waals surface area contributed by atoms with Gasteiger partial charge in [-0.15, -0.1) is 6.58 Å². The van der Waals surface area contributed by atoms with Crippen LogP contribution < -0.4 is 5.73 Å². The van der Waals surface area contributed by atoms with Crippen LogP contribution in [0.2, 0.25) is 0 Å². The zero-order valence-electron chi connectivity index (χ0n) is 9.81. The van der Waals surface area contributed by atoms with Crippen LogP contribution >= 0.6 is 0 Å². The summed E-state index contributed by atoms with van der Waals surface area (Å²) in [5, 5.41) is 9.35. The van der Waals surface area contributed by atoms with Crippen molar-refractivity contribution < 1.29 is 9.90 Å². The number of carbonyl (C=O) groups excluding carboxylic acids is 1. The molecule has 0 saturated carbocycles. The summed E-state index contributed by atoms with van der Waals surface area (Å²) < 4.78 is 0. The predicted molar refractivity (Wildman–Crippen MR) is 61.3 cm³/mol. The Morgan fingerprint density at radius 3 is 2.53 bits per heavy atom. The van der Waals surface area contributed by atoms with Crippen molar-refractivity contribution in [3.05, 3.63) is 12.7 Å². The minimum Gasteiger partial charge on any atom is -0.391 e. The summed E-state index contributed by atoms with van der Waals surface area (Å²) in [6.45, 7) is 7.03. The fraction of sp³-hybridized carbons (Fsp3) is 0.727. The van der Waals surface area contributed by atoms with Crippen LogP contribution in [0.25, 0.3) is 0 Å². The lowest BCUT2D eigenvalue weighted by Gasteiger charge is -2.29. The molecule has 0 aliphatic heterocycles. The van der Waals surface area contributed by atoms with Crippen LogP contribution in [0.4, 0.5) is 0 Å². The van der Waals surface area contributed by atoms with Crippen molar-refractivity contribution >= 4 is 5.91 Å². The topological polar surface area (TPSA) is 66.6 Å². The third-order valence-electron chi connectivity index (χ3n) is 2.66. The second kappa shape index (κ2) is 6.58.